The fourth-order valence-electron chi connectivity index (χ4n) is 2.29. The number of aryl methyl sites for hydroxylation is 1. The number of sulfone groups is 1. The summed E-state index contributed by atoms with van der Waals surface area (Å²) in [6, 6.07) is 6.38. The van der Waals surface area contributed by atoms with E-state index < -0.39 is 15.7 Å². The first kappa shape index (κ1) is 18.4. The van der Waals surface area contributed by atoms with E-state index in [9.17, 15) is 13.2 Å². The molecule has 25 heavy (non-hydrogen) atoms. The minimum absolute atomic E-state index is 0.0253. The van der Waals surface area contributed by atoms with Crippen LogP contribution in [0.1, 0.15) is 22.8 Å². The van der Waals surface area contributed by atoms with Crippen molar-refractivity contribution in [1.82, 2.24) is 4.98 Å². The van der Waals surface area contributed by atoms with Crippen molar-refractivity contribution in [3.63, 3.8) is 0 Å². The van der Waals surface area contributed by atoms with Crippen LogP contribution >= 0.6 is 0 Å². The predicted octanol–water partition coefficient (Wildman–Crippen LogP) is 1.20. The van der Waals surface area contributed by atoms with Crippen LogP contribution in [-0.4, -0.2) is 31.5 Å². The molecular weight excluding hydrogens is 342 g/mol. The van der Waals surface area contributed by atoms with Crippen molar-refractivity contribution >= 4 is 33.1 Å². The number of nitrogens with one attached hydrogen (secondary N) is 1. The number of aromatic nitrogens is 1. The third kappa shape index (κ3) is 4.54. The van der Waals surface area contributed by atoms with Crippen LogP contribution in [0.4, 0.5) is 11.4 Å². The van der Waals surface area contributed by atoms with Gasteiger partial charge in [0.05, 0.1) is 22.5 Å². The largest absolute Gasteiger partial charge is 0.370 e. The molecule has 0 bridgehead atoms. The minimum atomic E-state index is -3.61. The number of rotatable bonds is 5. The fraction of sp³-hybridized carbons (Fsp3) is 0.188. The fourth-order valence-corrected chi connectivity index (χ4v) is 3.13. The molecule has 0 aliphatic heterocycles. The molecule has 0 spiro atoms. The van der Waals surface area contributed by atoms with Crippen LogP contribution in [0, 0.1) is 0 Å². The zero-order valence-corrected chi connectivity index (χ0v) is 14.7. The van der Waals surface area contributed by atoms with E-state index in [1.54, 1.807) is 30.6 Å². The molecule has 0 radical (unpaired) electrons. The number of hydrogen-bond acceptors (Lipinski definition) is 5. The lowest BCUT2D eigenvalue weighted by Gasteiger charge is -2.15. The Bertz CT molecular complexity index is 920. The number of anilines is 2. The second-order valence-corrected chi connectivity index (χ2v) is 7.32. The zero-order chi connectivity index (χ0) is 18.6. The molecule has 9 heteroatoms. The lowest BCUT2D eigenvalue weighted by Crippen LogP contribution is -2.24. The number of hydrogen-bond donors (Lipinski definition) is 3. The summed E-state index contributed by atoms with van der Waals surface area (Å²) in [6.07, 6.45) is 4.73. The van der Waals surface area contributed by atoms with Crippen molar-refractivity contribution in [3.05, 3.63) is 47.8 Å². The molecule has 0 atom stereocenters. The van der Waals surface area contributed by atoms with Gasteiger partial charge in [-0.15, -0.1) is 0 Å². The molecule has 0 aliphatic rings. The molecule has 132 valence electrons. The monoisotopic (exact) mass is 361 g/mol. The number of nitrogens with zero attached hydrogens (tertiary/aromatic N) is 2. The van der Waals surface area contributed by atoms with E-state index in [0.29, 0.717) is 23.4 Å². The summed E-state index contributed by atoms with van der Waals surface area (Å²) >= 11 is 0. The first-order valence-corrected chi connectivity index (χ1v) is 9.29. The molecule has 0 fully saturated rings. The van der Waals surface area contributed by atoms with E-state index in [-0.39, 0.29) is 16.4 Å². The van der Waals surface area contributed by atoms with E-state index in [4.69, 9.17) is 11.5 Å². The molecule has 1 aromatic heterocycles. The Morgan fingerprint density at radius 3 is 2.56 bits per heavy atom. The van der Waals surface area contributed by atoms with Gasteiger partial charge in [0, 0.05) is 18.0 Å². The average molecular weight is 361 g/mol. The molecule has 1 heterocycles. The van der Waals surface area contributed by atoms with Crippen LogP contribution in [0.25, 0.3) is 0 Å². The summed E-state index contributed by atoms with van der Waals surface area (Å²) in [5.41, 5.74) is 12.2. The maximum absolute atomic E-state index is 12.2. The van der Waals surface area contributed by atoms with Gasteiger partial charge in [-0.2, -0.15) is 4.99 Å². The third-order valence-electron chi connectivity index (χ3n) is 3.39. The number of guanidine groups is 1. The van der Waals surface area contributed by atoms with Crippen molar-refractivity contribution in [3.8, 4) is 0 Å². The maximum Gasteiger partial charge on any atom is 0.280 e. The highest BCUT2D eigenvalue weighted by molar-refractivity contribution is 7.90. The number of carbonyl (C=O) groups excluding carboxylic acids is 1. The highest BCUT2D eigenvalue weighted by atomic mass is 32.2. The minimum Gasteiger partial charge on any atom is -0.370 e. The van der Waals surface area contributed by atoms with Gasteiger partial charge in [-0.1, -0.05) is 6.92 Å². The second kappa shape index (κ2) is 7.31. The van der Waals surface area contributed by atoms with Gasteiger partial charge in [0.25, 0.3) is 5.91 Å². The molecule has 2 rings (SSSR count). The lowest BCUT2D eigenvalue weighted by atomic mass is 10.0. The van der Waals surface area contributed by atoms with Crippen molar-refractivity contribution in [2.24, 2.45) is 16.5 Å². The standard InChI is InChI=1S/C16H19N5O3S/c1-3-10-7-13(20-11-5-4-6-19-9-11)14(25(2,23)24)8-12(10)15(22)21-16(17)18/h4-9,20H,3H2,1-2H3,(H4,17,18,21,22). The molecule has 0 saturated carbocycles. The Labute approximate surface area is 145 Å². The number of benzene rings is 1. The number of aliphatic imine (C=N–C) groups is 1. The summed E-state index contributed by atoms with van der Waals surface area (Å²) in [5.74, 6) is -1.07. The van der Waals surface area contributed by atoms with Gasteiger partial charge in [-0.3, -0.25) is 9.78 Å². The average Bonchev–Trinajstić information content (AvgIpc) is 2.53. The van der Waals surface area contributed by atoms with E-state index in [0.717, 1.165) is 6.26 Å². The van der Waals surface area contributed by atoms with Crippen LogP contribution in [-0.2, 0) is 16.3 Å². The van der Waals surface area contributed by atoms with Crippen LogP contribution in [0.2, 0.25) is 0 Å². The van der Waals surface area contributed by atoms with E-state index in [1.807, 2.05) is 6.92 Å². The lowest BCUT2D eigenvalue weighted by molar-refractivity contribution is 0.100. The van der Waals surface area contributed by atoms with Crippen LogP contribution in [0.15, 0.2) is 46.5 Å². The zero-order valence-electron chi connectivity index (χ0n) is 13.9. The Hall–Kier alpha value is -2.94. The van der Waals surface area contributed by atoms with E-state index >= 15 is 0 Å². The van der Waals surface area contributed by atoms with Crippen molar-refractivity contribution in [2.75, 3.05) is 11.6 Å². The number of amides is 1. The summed E-state index contributed by atoms with van der Waals surface area (Å²) in [6.45, 7) is 1.84. The smallest absolute Gasteiger partial charge is 0.280 e. The van der Waals surface area contributed by atoms with E-state index in [2.05, 4.69) is 15.3 Å². The normalized spacial score (nSPS) is 11.0. The van der Waals surface area contributed by atoms with Gasteiger partial charge in [0.2, 0.25) is 0 Å². The number of nitrogens with two attached hydrogens (primary N) is 2. The highest BCUT2D eigenvalue weighted by Crippen LogP contribution is 2.29. The van der Waals surface area contributed by atoms with Gasteiger partial charge >= 0.3 is 0 Å². The van der Waals surface area contributed by atoms with Crippen molar-refractivity contribution < 1.29 is 13.2 Å². The molecule has 2 aromatic rings. The van der Waals surface area contributed by atoms with Crippen molar-refractivity contribution in [2.45, 2.75) is 18.2 Å². The molecule has 0 saturated heterocycles. The molecule has 0 unspecified atom stereocenters. The Morgan fingerprint density at radius 1 is 1.32 bits per heavy atom. The molecule has 1 amide bonds. The predicted molar refractivity (Wildman–Crippen MR) is 96.6 cm³/mol. The second-order valence-electron chi connectivity index (χ2n) is 5.34. The Morgan fingerprint density at radius 2 is 2.04 bits per heavy atom. The van der Waals surface area contributed by atoms with Crippen molar-refractivity contribution in [1.29, 1.82) is 0 Å². The van der Waals surface area contributed by atoms with E-state index in [1.165, 1.54) is 6.07 Å². The van der Waals surface area contributed by atoms with Gasteiger partial charge in [0.15, 0.2) is 15.8 Å². The summed E-state index contributed by atoms with van der Waals surface area (Å²) in [4.78, 5) is 19.7. The highest BCUT2D eigenvalue weighted by Gasteiger charge is 2.20. The van der Waals surface area contributed by atoms with Gasteiger partial charge < -0.3 is 16.8 Å². The van der Waals surface area contributed by atoms with Crippen LogP contribution < -0.4 is 16.8 Å². The number of pyridine rings is 1. The summed E-state index contributed by atoms with van der Waals surface area (Å²) in [5, 5.41) is 3.02. The van der Waals surface area contributed by atoms with Gasteiger partial charge in [-0.25, -0.2) is 8.42 Å². The first-order valence-electron chi connectivity index (χ1n) is 7.40. The Balaban J connectivity index is 2.64. The van der Waals surface area contributed by atoms with Crippen LogP contribution in [0.5, 0.6) is 0 Å². The quantitative estimate of drug-likeness (QED) is 0.537. The third-order valence-corrected chi connectivity index (χ3v) is 4.52. The Kier molecular flexibility index (Phi) is 5.38. The van der Waals surface area contributed by atoms with Gasteiger partial charge in [-0.05, 0) is 36.2 Å². The molecule has 1 aromatic carbocycles. The first-order chi connectivity index (χ1) is 11.7. The summed E-state index contributed by atoms with van der Waals surface area (Å²) in [7, 11) is -3.61. The molecule has 0 aliphatic carbocycles. The number of carbonyl (C=O) groups is 1. The van der Waals surface area contributed by atoms with Gasteiger partial charge in [0.1, 0.15) is 0 Å². The topological polar surface area (TPSA) is 141 Å². The maximum atomic E-state index is 12.2. The van der Waals surface area contributed by atoms with Crippen LogP contribution in [0.3, 0.4) is 0 Å². The molecule has 5 N–H and O–H groups in total. The molecular formula is C16H19N5O3S. The molecule has 8 nitrogen and oxygen atoms in total. The summed E-state index contributed by atoms with van der Waals surface area (Å²) < 4.78 is 24.4. The SMILES string of the molecule is CCc1cc(Nc2cccnc2)c(S(C)(=O)=O)cc1C(=O)N=C(N)N.